The van der Waals surface area contributed by atoms with Gasteiger partial charge < -0.3 is 4.90 Å². The van der Waals surface area contributed by atoms with Crippen molar-refractivity contribution in [3.63, 3.8) is 0 Å². The van der Waals surface area contributed by atoms with Crippen LogP contribution in [0, 0.1) is 5.41 Å². The summed E-state index contributed by atoms with van der Waals surface area (Å²) in [6.07, 6.45) is -1.89. The van der Waals surface area contributed by atoms with Crippen LogP contribution in [-0.2, 0) is 23.4 Å². The molecule has 1 spiro atoms. The molecule has 8 heteroatoms. The Morgan fingerprint density at radius 3 is 2.67 bits per heavy atom. The molecular weight excluding hydrogens is 339 g/mol. The molecule has 0 radical (unpaired) electrons. The van der Waals surface area contributed by atoms with Gasteiger partial charge in [-0.05, 0) is 52.3 Å². The minimum atomic E-state index is -4.39. The van der Waals surface area contributed by atoms with E-state index in [1.807, 2.05) is 13.8 Å². The number of aryl methyl sites for hydroxylation is 1. The lowest BCUT2D eigenvalue weighted by atomic mass is 9.91. The number of rotatable bonds is 5. The predicted octanol–water partition coefficient (Wildman–Crippen LogP) is 2.87. The number of nitrogens with zero attached hydrogens (tertiary/aromatic N) is 3. The van der Waals surface area contributed by atoms with Gasteiger partial charge in [-0.2, -0.15) is 18.3 Å². The van der Waals surface area contributed by atoms with Crippen molar-refractivity contribution < 1.29 is 17.4 Å². The normalized spacial score (nSPS) is 28.0. The fraction of sp³-hybridized carbons (Fsp3) is 0.812. The Kier molecular flexibility index (Phi) is 4.81. The standard InChI is InChI=1S/C16H24F3N3OS/c1-12(2)22-13(8-14(20-22)16(17,18)19)4-3-6-21-7-5-15(9-21)10-24(23)11-15/h8,12H,3-7,9-11H2,1-2H3. The Labute approximate surface area is 142 Å². The van der Waals surface area contributed by atoms with Gasteiger partial charge in [0.15, 0.2) is 5.69 Å². The first kappa shape index (κ1) is 17.9. The number of hydrogen-bond donors (Lipinski definition) is 0. The SMILES string of the molecule is CC(C)n1nc(C(F)(F)F)cc1CCCN1CCC2(C1)CS(=O)C2. The summed E-state index contributed by atoms with van der Waals surface area (Å²) >= 11 is 0. The molecular formula is C16H24F3N3OS. The van der Waals surface area contributed by atoms with E-state index in [4.69, 9.17) is 0 Å². The highest BCUT2D eigenvalue weighted by molar-refractivity contribution is 7.86. The summed E-state index contributed by atoms with van der Waals surface area (Å²) in [6, 6.07) is 1.09. The molecule has 1 aromatic heterocycles. The van der Waals surface area contributed by atoms with E-state index in [1.54, 1.807) is 0 Å². The van der Waals surface area contributed by atoms with Crippen LogP contribution < -0.4 is 0 Å². The number of likely N-dealkylation sites (tertiary alicyclic amines) is 1. The van der Waals surface area contributed by atoms with Crippen molar-refractivity contribution in [1.82, 2.24) is 14.7 Å². The highest BCUT2D eigenvalue weighted by Gasteiger charge is 2.47. The maximum atomic E-state index is 12.9. The van der Waals surface area contributed by atoms with Crippen LogP contribution in [0.15, 0.2) is 6.07 Å². The average Bonchev–Trinajstić information content (AvgIpc) is 3.03. The van der Waals surface area contributed by atoms with Gasteiger partial charge in [0.05, 0.1) is 0 Å². The van der Waals surface area contributed by atoms with Crippen molar-refractivity contribution in [3.05, 3.63) is 17.5 Å². The smallest absolute Gasteiger partial charge is 0.303 e. The van der Waals surface area contributed by atoms with Gasteiger partial charge in [0.25, 0.3) is 0 Å². The summed E-state index contributed by atoms with van der Waals surface area (Å²) in [6.45, 7) is 6.55. The largest absolute Gasteiger partial charge is 0.435 e. The molecule has 2 aliphatic heterocycles. The summed E-state index contributed by atoms with van der Waals surface area (Å²) in [4.78, 5) is 2.36. The first-order valence-corrected chi connectivity index (χ1v) is 9.90. The summed E-state index contributed by atoms with van der Waals surface area (Å²) in [5.74, 6) is 1.64. The van der Waals surface area contributed by atoms with E-state index in [2.05, 4.69) is 10.00 Å². The number of hydrogen-bond acceptors (Lipinski definition) is 3. The van der Waals surface area contributed by atoms with E-state index >= 15 is 0 Å². The van der Waals surface area contributed by atoms with Crippen LogP contribution >= 0.6 is 0 Å². The lowest BCUT2D eigenvalue weighted by molar-refractivity contribution is -0.141. The van der Waals surface area contributed by atoms with Crippen molar-refractivity contribution in [2.24, 2.45) is 5.41 Å². The quantitative estimate of drug-likeness (QED) is 0.807. The molecule has 0 atom stereocenters. The van der Waals surface area contributed by atoms with Gasteiger partial charge in [-0.15, -0.1) is 0 Å². The van der Waals surface area contributed by atoms with Crippen LogP contribution in [0.1, 0.15) is 44.1 Å². The molecule has 3 heterocycles. The topological polar surface area (TPSA) is 38.1 Å². The molecule has 136 valence electrons. The van der Waals surface area contributed by atoms with Crippen molar-refractivity contribution in [3.8, 4) is 0 Å². The Bertz CT molecular complexity index is 619. The minimum absolute atomic E-state index is 0.0869. The predicted molar refractivity (Wildman–Crippen MR) is 87.3 cm³/mol. The van der Waals surface area contributed by atoms with Crippen LogP contribution in [0.4, 0.5) is 13.2 Å². The van der Waals surface area contributed by atoms with Crippen molar-refractivity contribution in [2.75, 3.05) is 31.1 Å². The van der Waals surface area contributed by atoms with Crippen molar-refractivity contribution in [2.45, 2.75) is 45.3 Å². The Balaban J connectivity index is 1.55. The van der Waals surface area contributed by atoms with Crippen LogP contribution in [0.3, 0.4) is 0 Å². The van der Waals surface area contributed by atoms with Gasteiger partial charge >= 0.3 is 6.18 Å². The lowest BCUT2D eigenvalue weighted by Crippen LogP contribution is -2.46. The Morgan fingerprint density at radius 2 is 2.08 bits per heavy atom. The third-order valence-corrected chi connectivity index (χ3v) is 6.82. The first-order valence-electron chi connectivity index (χ1n) is 8.41. The molecule has 0 saturated carbocycles. The summed E-state index contributed by atoms with van der Waals surface area (Å²) < 4.78 is 51.4. The number of alkyl halides is 3. The van der Waals surface area contributed by atoms with Crippen LogP contribution in [0.5, 0.6) is 0 Å². The molecule has 0 amide bonds. The van der Waals surface area contributed by atoms with Gasteiger partial charge in [0, 0.05) is 46.0 Å². The molecule has 0 aromatic carbocycles. The second-order valence-corrected chi connectivity index (χ2v) is 8.87. The van der Waals surface area contributed by atoms with E-state index in [0.29, 0.717) is 12.1 Å². The fourth-order valence-electron chi connectivity index (χ4n) is 3.78. The molecule has 2 aliphatic rings. The number of halogens is 3. The maximum absolute atomic E-state index is 12.9. The highest BCUT2D eigenvalue weighted by Crippen LogP contribution is 2.39. The average molecular weight is 363 g/mol. The molecule has 2 fully saturated rings. The third-order valence-electron chi connectivity index (χ3n) is 4.95. The zero-order chi connectivity index (χ0) is 17.5. The molecule has 0 unspecified atom stereocenters. The van der Waals surface area contributed by atoms with Gasteiger partial charge in [0.1, 0.15) is 0 Å². The molecule has 2 saturated heterocycles. The van der Waals surface area contributed by atoms with Gasteiger partial charge in [0.2, 0.25) is 0 Å². The van der Waals surface area contributed by atoms with E-state index in [-0.39, 0.29) is 11.5 Å². The van der Waals surface area contributed by atoms with E-state index in [9.17, 15) is 17.4 Å². The summed E-state index contributed by atoms with van der Waals surface area (Å²) in [5.41, 5.74) is 0.104. The van der Waals surface area contributed by atoms with Crippen LogP contribution in [-0.4, -0.2) is 50.0 Å². The lowest BCUT2D eigenvalue weighted by Gasteiger charge is -2.37. The van der Waals surface area contributed by atoms with Crippen LogP contribution in [0.2, 0.25) is 0 Å². The zero-order valence-corrected chi connectivity index (χ0v) is 14.9. The summed E-state index contributed by atoms with van der Waals surface area (Å²) in [7, 11) is -0.631. The molecule has 4 nitrogen and oxygen atoms in total. The molecule has 0 aliphatic carbocycles. The van der Waals surface area contributed by atoms with Crippen LogP contribution in [0.25, 0.3) is 0 Å². The maximum Gasteiger partial charge on any atom is 0.435 e. The molecule has 3 rings (SSSR count). The van der Waals surface area contributed by atoms with Gasteiger partial charge in [-0.1, -0.05) is 0 Å². The second kappa shape index (κ2) is 6.44. The first-order chi connectivity index (χ1) is 11.2. The second-order valence-electron chi connectivity index (χ2n) is 7.42. The van der Waals surface area contributed by atoms with E-state index in [1.165, 1.54) is 10.7 Å². The molecule has 1 aromatic rings. The fourth-order valence-corrected chi connectivity index (χ4v) is 5.54. The Hall–Kier alpha value is -0.890. The third kappa shape index (κ3) is 3.69. The molecule has 0 bridgehead atoms. The highest BCUT2D eigenvalue weighted by atomic mass is 32.2. The zero-order valence-electron chi connectivity index (χ0n) is 14.1. The summed E-state index contributed by atoms with van der Waals surface area (Å²) in [5, 5.41) is 3.73. The Morgan fingerprint density at radius 1 is 1.38 bits per heavy atom. The van der Waals surface area contributed by atoms with Crippen molar-refractivity contribution in [1.29, 1.82) is 0 Å². The van der Waals surface area contributed by atoms with Crippen molar-refractivity contribution >= 4 is 10.8 Å². The van der Waals surface area contributed by atoms with E-state index in [0.717, 1.165) is 44.0 Å². The minimum Gasteiger partial charge on any atom is -0.303 e. The molecule has 0 N–H and O–H groups in total. The number of aromatic nitrogens is 2. The van der Waals surface area contributed by atoms with E-state index < -0.39 is 22.7 Å². The van der Waals surface area contributed by atoms with Gasteiger partial charge in [-0.3, -0.25) is 8.89 Å². The monoisotopic (exact) mass is 363 g/mol. The molecule has 24 heavy (non-hydrogen) atoms. The van der Waals surface area contributed by atoms with Gasteiger partial charge in [-0.25, -0.2) is 0 Å².